The van der Waals surface area contributed by atoms with E-state index in [1.54, 1.807) is 12.4 Å². The van der Waals surface area contributed by atoms with E-state index in [-0.39, 0.29) is 0 Å². The van der Waals surface area contributed by atoms with Gasteiger partial charge in [-0.2, -0.15) is 0 Å². The SMILES string of the molecule is Cc1cc(C)c(-c2ccc3ccc4cc(-c5ccc(OCCOCCOCCOCCCCOCCOCCOCCOc6ccc(-c7cccc(-c8cc(-c9ccccn9)nc(-c9ccccn9)c8)c7)cc6)cc5)cnc4c3n2)c(C)c1. The number of benzene rings is 5. The summed E-state index contributed by atoms with van der Waals surface area (Å²) in [6.45, 7) is 13.7. The first-order chi connectivity index (χ1) is 40.9. The van der Waals surface area contributed by atoms with Crippen molar-refractivity contribution in [2.45, 2.75) is 33.6 Å². The molecule has 13 nitrogen and oxygen atoms in total. The lowest BCUT2D eigenvalue weighted by Crippen LogP contribution is -2.13. The first-order valence-corrected chi connectivity index (χ1v) is 28.6. The summed E-state index contributed by atoms with van der Waals surface area (Å²) in [7, 11) is 0. The summed E-state index contributed by atoms with van der Waals surface area (Å²) in [5.74, 6) is 1.58. The van der Waals surface area contributed by atoms with Crippen LogP contribution >= 0.6 is 0 Å². The quantitative estimate of drug-likeness (QED) is 0.0301. The van der Waals surface area contributed by atoms with Crippen molar-refractivity contribution in [3.63, 3.8) is 0 Å². The largest absolute Gasteiger partial charge is 0.491 e. The zero-order valence-electron chi connectivity index (χ0n) is 47.6. The number of unbranched alkanes of at least 4 members (excludes halogenated alkanes) is 1. The molecule has 5 aromatic carbocycles. The minimum Gasteiger partial charge on any atom is -0.491 e. The van der Waals surface area contributed by atoms with Crippen LogP contribution in [0.2, 0.25) is 0 Å². The van der Waals surface area contributed by atoms with Gasteiger partial charge in [0.2, 0.25) is 0 Å². The van der Waals surface area contributed by atoms with Crippen molar-refractivity contribution in [3.05, 3.63) is 199 Å². The number of ether oxygens (including phenoxy) is 8. The number of aryl methyl sites for hydroxylation is 3. The normalized spacial score (nSPS) is 11.4. The highest BCUT2D eigenvalue weighted by atomic mass is 16.6. The highest BCUT2D eigenvalue weighted by molar-refractivity contribution is 6.04. The van der Waals surface area contributed by atoms with E-state index >= 15 is 0 Å². The van der Waals surface area contributed by atoms with Gasteiger partial charge in [-0.25, -0.2) is 9.97 Å². The van der Waals surface area contributed by atoms with Crippen LogP contribution in [0.1, 0.15) is 29.5 Å². The van der Waals surface area contributed by atoms with E-state index in [1.165, 1.54) is 22.3 Å². The maximum atomic E-state index is 5.96. The second-order valence-corrected chi connectivity index (χ2v) is 20.2. The Kier molecular flexibility index (Phi) is 21.1. The van der Waals surface area contributed by atoms with E-state index in [4.69, 9.17) is 52.8 Å². The number of hydrogen-bond acceptors (Lipinski definition) is 13. The van der Waals surface area contributed by atoms with Crippen LogP contribution < -0.4 is 9.47 Å². The number of nitrogens with zero attached hydrogens (tertiary/aromatic N) is 5. The summed E-state index contributed by atoms with van der Waals surface area (Å²) in [5, 5.41) is 2.13. The molecule has 0 atom stereocenters. The van der Waals surface area contributed by atoms with Gasteiger partial charge in [-0.1, -0.05) is 90.5 Å². The molecule has 83 heavy (non-hydrogen) atoms. The second kappa shape index (κ2) is 30.2. The molecule has 424 valence electrons. The topological polar surface area (TPSA) is 138 Å². The summed E-state index contributed by atoms with van der Waals surface area (Å²) in [4.78, 5) is 24.1. The maximum Gasteiger partial charge on any atom is 0.119 e. The molecule has 10 aromatic rings. The average molecular weight is 1110 g/mol. The molecule has 0 bridgehead atoms. The molecular weight excluding hydrogens is 1040 g/mol. The van der Waals surface area contributed by atoms with E-state index in [9.17, 15) is 0 Å². The van der Waals surface area contributed by atoms with Gasteiger partial charge in [0, 0.05) is 53.7 Å². The molecule has 10 rings (SSSR count). The van der Waals surface area contributed by atoms with Gasteiger partial charge in [0.25, 0.3) is 0 Å². The van der Waals surface area contributed by atoms with Crippen LogP contribution in [0.25, 0.3) is 89.2 Å². The molecular formula is C70H71N5O8. The van der Waals surface area contributed by atoms with Crippen LogP contribution in [0.4, 0.5) is 0 Å². The monoisotopic (exact) mass is 1110 g/mol. The molecule has 0 saturated heterocycles. The Labute approximate surface area is 486 Å². The molecule has 13 heteroatoms. The van der Waals surface area contributed by atoms with Gasteiger partial charge in [-0.3, -0.25) is 15.0 Å². The predicted octanol–water partition coefficient (Wildman–Crippen LogP) is 14.2. The van der Waals surface area contributed by atoms with Crippen molar-refractivity contribution < 1.29 is 37.9 Å². The first kappa shape index (κ1) is 57.9. The predicted molar refractivity (Wildman–Crippen MR) is 329 cm³/mol. The number of rotatable bonds is 31. The Bertz CT molecular complexity index is 3560. The van der Waals surface area contributed by atoms with Gasteiger partial charge in [-0.15, -0.1) is 0 Å². The fourth-order valence-electron chi connectivity index (χ4n) is 9.94. The lowest BCUT2D eigenvalue weighted by molar-refractivity contribution is 0.00307. The fourth-order valence-corrected chi connectivity index (χ4v) is 9.94. The Hall–Kier alpha value is -8.27. The molecule has 0 aliphatic rings. The van der Waals surface area contributed by atoms with E-state index in [0.29, 0.717) is 92.5 Å². The van der Waals surface area contributed by atoms with Crippen LogP contribution in [0.15, 0.2) is 182 Å². The van der Waals surface area contributed by atoms with E-state index in [2.05, 4.69) is 134 Å². The van der Waals surface area contributed by atoms with Gasteiger partial charge in [0.1, 0.15) is 24.7 Å². The number of pyridine rings is 5. The minimum atomic E-state index is 0.444. The third-order valence-corrected chi connectivity index (χ3v) is 14.0. The van der Waals surface area contributed by atoms with E-state index < -0.39 is 0 Å². The van der Waals surface area contributed by atoms with Crippen LogP contribution in [0, 0.1) is 20.8 Å². The molecule has 0 aliphatic carbocycles. The smallest absolute Gasteiger partial charge is 0.119 e. The summed E-state index contributed by atoms with van der Waals surface area (Å²) >= 11 is 0. The lowest BCUT2D eigenvalue weighted by atomic mass is 9.96. The van der Waals surface area contributed by atoms with Gasteiger partial charge in [0.05, 0.1) is 106 Å². The average Bonchev–Trinajstić information content (AvgIpc) is 3.59. The molecule has 5 heterocycles. The van der Waals surface area contributed by atoms with Crippen molar-refractivity contribution >= 4 is 21.8 Å². The molecule has 0 amide bonds. The van der Waals surface area contributed by atoms with E-state index in [0.717, 1.165) is 108 Å². The number of fused-ring (bicyclic) bond motifs is 3. The van der Waals surface area contributed by atoms with Crippen molar-refractivity contribution in [2.75, 3.05) is 92.5 Å². The highest BCUT2D eigenvalue weighted by Crippen LogP contribution is 2.34. The Morgan fingerprint density at radius 3 is 1.33 bits per heavy atom. The molecule has 0 radical (unpaired) electrons. The minimum absolute atomic E-state index is 0.444. The molecule has 0 saturated carbocycles. The summed E-state index contributed by atoms with van der Waals surface area (Å²) in [5.41, 5.74) is 17.3. The third kappa shape index (κ3) is 16.5. The van der Waals surface area contributed by atoms with Gasteiger partial charge >= 0.3 is 0 Å². The summed E-state index contributed by atoms with van der Waals surface area (Å²) in [6.07, 6.45) is 7.34. The first-order valence-electron chi connectivity index (χ1n) is 28.6. The Morgan fingerprint density at radius 1 is 0.313 bits per heavy atom. The summed E-state index contributed by atoms with van der Waals surface area (Å²) < 4.78 is 46.1. The second-order valence-electron chi connectivity index (χ2n) is 20.2. The van der Waals surface area contributed by atoms with Gasteiger partial charge < -0.3 is 37.9 Å². The molecule has 0 fully saturated rings. The Balaban J connectivity index is 0.513. The molecule has 0 aliphatic heterocycles. The van der Waals surface area contributed by atoms with Crippen LogP contribution in [0.5, 0.6) is 11.5 Å². The zero-order chi connectivity index (χ0) is 56.8. The molecule has 5 aromatic heterocycles. The van der Waals surface area contributed by atoms with Gasteiger partial charge in [0.15, 0.2) is 0 Å². The summed E-state index contributed by atoms with van der Waals surface area (Å²) in [6, 6.07) is 55.7. The lowest BCUT2D eigenvalue weighted by Gasteiger charge is -2.12. The fraction of sp³-hybridized carbons (Fsp3) is 0.271. The Morgan fingerprint density at radius 2 is 0.795 bits per heavy atom. The van der Waals surface area contributed by atoms with Crippen molar-refractivity contribution in [3.8, 4) is 78.9 Å². The molecule has 0 spiro atoms. The number of aromatic nitrogens is 5. The van der Waals surface area contributed by atoms with Crippen LogP contribution in [-0.4, -0.2) is 117 Å². The van der Waals surface area contributed by atoms with Crippen molar-refractivity contribution in [1.29, 1.82) is 0 Å². The van der Waals surface area contributed by atoms with Crippen molar-refractivity contribution in [2.24, 2.45) is 0 Å². The highest BCUT2D eigenvalue weighted by Gasteiger charge is 2.14. The zero-order valence-corrected chi connectivity index (χ0v) is 47.6. The maximum absolute atomic E-state index is 5.96. The molecule has 0 N–H and O–H groups in total. The molecule has 0 unspecified atom stereocenters. The standard InChI is InChI=1S/C70H71N5O8/c1-50-43-51(2)68(52(3)44-50)65-26-21-55-15-16-58-46-60(49-73-69(58)70(55)75-65)54-19-24-62(25-20-54)83-42-40-81-38-36-79-34-32-77-30-9-8-29-76-31-33-78-35-37-80-39-41-82-61-22-17-53(18-23-61)56-11-10-12-57(45-56)59-47-66(63-13-4-6-27-71-63)74-67(48-59)64-14-5-7-28-72-64/h4-7,10-28,43-49H,8-9,29-42H2,1-3H3. The van der Waals surface area contributed by atoms with Crippen LogP contribution in [0.3, 0.4) is 0 Å². The van der Waals surface area contributed by atoms with Crippen molar-refractivity contribution in [1.82, 2.24) is 24.9 Å². The third-order valence-electron chi connectivity index (χ3n) is 14.0. The van der Waals surface area contributed by atoms with E-state index in [1.807, 2.05) is 66.9 Å². The van der Waals surface area contributed by atoms with Crippen LogP contribution in [-0.2, 0) is 28.4 Å². The number of hydrogen-bond donors (Lipinski definition) is 0. The van der Waals surface area contributed by atoms with Gasteiger partial charge in [-0.05, 0) is 151 Å².